The van der Waals surface area contributed by atoms with Crippen molar-refractivity contribution in [3.63, 3.8) is 0 Å². The Balaban J connectivity index is 1.90. The van der Waals surface area contributed by atoms with E-state index in [9.17, 15) is 0 Å². The molecule has 0 aromatic carbocycles. The van der Waals surface area contributed by atoms with Crippen LogP contribution in [-0.2, 0) is 0 Å². The van der Waals surface area contributed by atoms with E-state index in [1.807, 2.05) is 0 Å². The maximum absolute atomic E-state index is 3.69. The van der Waals surface area contributed by atoms with Crippen molar-refractivity contribution in [3.8, 4) is 0 Å². The molecular weight excluding hydrogens is 146 g/mol. The van der Waals surface area contributed by atoms with E-state index < -0.39 is 0 Å². The number of hydrogen-bond acceptors (Lipinski definition) is 1. The van der Waals surface area contributed by atoms with Crippen LogP contribution in [0.1, 0.15) is 46.5 Å². The fourth-order valence-corrected chi connectivity index (χ4v) is 2.81. The third kappa shape index (κ3) is 1.52. The minimum Gasteiger partial charge on any atom is -0.311 e. The van der Waals surface area contributed by atoms with Crippen LogP contribution in [0, 0.1) is 11.3 Å². The summed E-state index contributed by atoms with van der Waals surface area (Å²) < 4.78 is 0. The number of nitrogens with one attached hydrogen (secondary N) is 1. The average molecular weight is 167 g/mol. The Hall–Kier alpha value is -0.0400. The van der Waals surface area contributed by atoms with Crippen LogP contribution in [0.3, 0.4) is 0 Å². The molecule has 0 heterocycles. The molecular formula is C11H21N. The average Bonchev–Trinajstić information content (AvgIpc) is 2.59. The Kier molecular flexibility index (Phi) is 1.95. The highest BCUT2D eigenvalue weighted by Crippen LogP contribution is 2.59. The third-order valence-electron chi connectivity index (χ3n) is 3.60. The molecule has 2 aliphatic rings. The molecule has 2 saturated carbocycles. The first kappa shape index (κ1) is 8.55. The zero-order chi connectivity index (χ0) is 8.77. The molecule has 0 aliphatic heterocycles. The van der Waals surface area contributed by atoms with Crippen molar-refractivity contribution in [2.75, 3.05) is 0 Å². The Bertz CT molecular complexity index is 170. The molecule has 2 fully saturated rings. The summed E-state index contributed by atoms with van der Waals surface area (Å²) in [7, 11) is 0. The second-order valence-electron chi connectivity index (χ2n) is 5.31. The largest absolute Gasteiger partial charge is 0.311 e. The molecule has 2 aliphatic carbocycles. The highest BCUT2D eigenvalue weighted by atomic mass is 15.0. The third-order valence-corrected chi connectivity index (χ3v) is 3.60. The van der Waals surface area contributed by atoms with E-state index in [4.69, 9.17) is 0 Å². The van der Waals surface area contributed by atoms with Crippen LogP contribution in [-0.4, -0.2) is 12.1 Å². The van der Waals surface area contributed by atoms with Gasteiger partial charge in [-0.15, -0.1) is 0 Å². The summed E-state index contributed by atoms with van der Waals surface area (Å²) in [5.41, 5.74) is 0.811. The minimum absolute atomic E-state index is 0.659. The van der Waals surface area contributed by atoms with E-state index in [1.165, 1.54) is 25.7 Å². The molecule has 0 radical (unpaired) electrons. The summed E-state index contributed by atoms with van der Waals surface area (Å²) in [4.78, 5) is 0. The SMILES string of the molecule is CC(C)NC1CC2(CC2)CC1C. The maximum atomic E-state index is 3.69. The Morgan fingerprint density at radius 1 is 1.25 bits per heavy atom. The van der Waals surface area contributed by atoms with Crippen molar-refractivity contribution in [1.29, 1.82) is 0 Å². The zero-order valence-corrected chi connectivity index (χ0v) is 8.56. The first-order valence-corrected chi connectivity index (χ1v) is 5.37. The zero-order valence-electron chi connectivity index (χ0n) is 8.56. The lowest BCUT2D eigenvalue weighted by Crippen LogP contribution is -2.36. The van der Waals surface area contributed by atoms with Gasteiger partial charge in [-0.1, -0.05) is 20.8 Å². The molecule has 0 aromatic heterocycles. The lowest BCUT2D eigenvalue weighted by Gasteiger charge is -2.19. The van der Waals surface area contributed by atoms with Gasteiger partial charge in [-0.25, -0.2) is 0 Å². The van der Waals surface area contributed by atoms with Crippen molar-refractivity contribution in [2.45, 2.75) is 58.5 Å². The van der Waals surface area contributed by atoms with Gasteiger partial charge in [0.05, 0.1) is 0 Å². The van der Waals surface area contributed by atoms with Gasteiger partial charge in [-0.2, -0.15) is 0 Å². The van der Waals surface area contributed by atoms with E-state index in [0.717, 1.165) is 17.4 Å². The molecule has 2 rings (SSSR count). The predicted octanol–water partition coefficient (Wildman–Crippen LogP) is 2.56. The fraction of sp³-hybridized carbons (Fsp3) is 1.00. The summed E-state index contributed by atoms with van der Waals surface area (Å²) in [5.74, 6) is 0.912. The van der Waals surface area contributed by atoms with Gasteiger partial charge in [0.15, 0.2) is 0 Å². The summed E-state index contributed by atoms with van der Waals surface area (Å²) in [6.45, 7) is 6.92. The van der Waals surface area contributed by atoms with E-state index >= 15 is 0 Å². The number of hydrogen-bond donors (Lipinski definition) is 1. The van der Waals surface area contributed by atoms with Gasteiger partial charge < -0.3 is 5.32 Å². The van der Waals surface area contributed by atoms with E-state index in [0.29, 0.717) is 6.04 Å². The predicted molar refractivity (Wildman–Crippen MR) is 52.1 cm³/mol. The smallest absolute Gasteiger partial charge is 0.0100 e. The minimum atomic E-state index is 0.659. The van der Waals surface area contributed by atoms with Crippen molar-refractivity contribution in [3.05, 3.63) is 0 Å². The van der Waals surface area contributed by atoms with Crippen LogP contribution in [0.5, 0.6) is 0 Å². The van der Waals surface area contributed by atoms with Crippen LogP contribution in [0.4, 0.5) is 0 Å². The van der Waals surface area contributed by atoms with Gasteiger partial charge in [-0.3, -0.25) is 0 Å². The van der Waals surface area contributed by atoms with E-state index in [-0.39, 0.29) is 0 Å². The van der Waals surface area contributed by atoms with Gasteiger partial charge in [-0.05, 0) is 37.0 Å². The van der Waals surface area contributed by atoms with Crippen LogP contribution in [0.15, 0.2) is 0 Å². The monoisotopic (exact) mass is 167 g/mol. The van der Waals surface area contributed by atoms with Crippen molar-refractivity contribution in [2.24, 2.45) is 11.3 Å². The van der Waals surface area contributed by atoms with Gasteiger partial charge in [0.2, 0.25) is 0 Å². The molecule has 1 heteroatoms. The van der Waals surface area contributed by atoms with Crippen molar-refractivity contribution in [1.82, 2.24) is 5.32 Å². The lowest BCUT2D eigenvalue weighted by atomic mass is 10.0. The van der Waals surface area contributed by atoms with Crippen LogP contribution in [0.25, 0.3) is 0 Å². The van der Waals surface area contributed by atoms with E-state index in [1.54, 1.807) is 0 Å². The summed E-state index contributed by atoms with van der Waals surface area (Å²) in [5, 5.41) is 3.69. The molecule has 70 valence electrons. The van der Waals surface area contributed by atoms with Crippen LogP contribution >= 0.6 is 0 Å². The molecule has 0 bridgehead atoms. The van der Waals surface area contributed by atoms with Gasteiger partial charge in [0.1, 0.15) is 0 Å². The molecule has 1 nitrogen and oxygen atoms in total. The molecule has 2 unspecified atom stereocenters. The van der Waals surface area contributed by atoms with Crippen molar-refractivity contribution >= 4 is 0 Å². The van der Waals surface area contributed by atoms with Crippen molar-refractivity contribution < 1.29 is 0 Å². The summed E-state index contributed by atoms with van der Waals surface area (Å²) in [6, 6.07) is 1.47. The second-order valence-corrected chi connectivity index (χ2v) is 5.31. The molecule has 1 N–H and O–H groups in total. The normalized spacial score (nSPS) is 38.0. The summed E-state index contributed by atoms with van der Waals surface area (Å²) >= 11 is 0. The molecule has 0 amide bonds. The first-order valence-electron chi connectivity index (χ1n) is 5.37. The molecule has 1 spiro atoms. The Labute approximate surface area is 75.9 Å². The fourth-order valence-electron chi connectivity index (χ4n) is 2.81. The van der Waals surface area contributed by atoms with Crippen LogP contribution in [0.2, 0.25) is 0 Å². The lowest BCUT2D eigenvalue weighted by molar-refractivity contribution is 0.394. The highest BCUT2D eigenvalue weighted by Gasteiger charge is 2.51. The van der Waals surface area contributed by atoms with Crippen LogP contribution < -0.4 is 5.32 Å². The standard InChI is InChI=1S/C11H21N/c1-8(2)12-10-7-11(4-5-11)6-9(10)3/h8-10,12H,4-7H2,1-3H3. The Morgan fingerprint density at radius 2 is 1.92 bits per heavy atom. The maximum Gasteiger partial charge on any atom is 0.0100 e. The quantitative estimate of drug-likeness (QED) is 0.666. The highest BCUT2D eigenvalue weighted by molar-refractivity contribution is 5.04. The first-order chi connectivity index (χ1) is 5.61. The second kappa shape index (κ2) is 2.73. The summed E-state index contributed by atoms with van der Waals surface area (Å²) in [6.07, 6.45) is 5.95. The molecule has 0 aromatic rings. The topological polar surface area (TPSA) is 12.0 Å². The molecule has 2 atom stereocenters. The van der Waals surface area contributed by atoms with Gasteiger partial charge >= 0.3 is 0 Å². The number of rotatable bonds is 2. The molecule has 0 saturated heterocycles. The molecule has 12 heavy (non-hydrogen) atoms. The Morgan fingerprint density at radius 3 is 2.33 bits per heavy atom. The van der Waals surface area contributed by atoms with Gasteiger partial charge in [0.25, 0.3) is 0 Å². The van der Waals surface area contributed by atoms with Gasteiger partial charge in [0, 0.05) is 12.1 Å². The van der Waals surface area contributed by atoms with E-state index in [2.05, 4.69) is 26.1 Å².